The Labute approximate surface area is 174 Å². The zero-order valence-corrected chi connectivity index (χ0v) is 17.7. The summed E-state index contributed by atoms with van der Waals surface area (Å²) in [7, 11) is 0. The number of primary amides is 1. The molecule has 1 rings (SSSR count). The van der Waals surface area contributed by atoms with Crippen LogP contribution in [0.4, 0.5) is 5.69 Å². The van der Waals surface area contributed by atoms with Crippen LogP contribution in [0.5, 0.6) is 0 Å². The van der Waals surface area contributed by atoms with E-state index in [1.54, 1.807) is 24.3 Å². The third kappa shape index (κ3) is 11.6. The van der Waals surface area contributed by atoms with Gasteiger partial charge in [-0.3, -0.25) is 9.59 Å². The molecule has 164 valence electrons. The molecule has 0 radical (unpaired) electrons. The van der Waals surface area contributed by atoms with Crippen molar-refractivity contribution in [2.45, 2.75) is 96.2 Å². The van der Waals surface area contributed by atoms with Gasteiger partial charge in [0.15, 0.2) is 0 Å². The number of aliphatic hydroxyl groups is 2. The first-order chi connectivity index (χ1) is 13.9. The summed E-state index contributed by atoms with van der Waals surface area (Å²) in [6.07, 6.45) is 9.59. The normalized spacial score (nSPS) is 13.1. The van der Waals surface area contributed by atoms with E-state index >= 15 is 0 Å². The van der Waals surface area contributed by atoms with E-state index in [1.807, 2.05) is 0 Å². The lowest BCUT2D eigenvalue weighted by molar-refractivity contribution is -0.116. The molecular weight excluding hydrogens is 368 g/mol. The molecular formula is C23H38N2O4. The third-order valence-corrected chi connectivity index (χ3v) is 5.12. The minimum atomic E-state index is -0.584. The second-order valence-corrected chi connectivity index (χ2v) is 7.79. The maximum atomic E-state index is 12.1. The molecule has 0 spiro atoms. The van der Waals surface area contributed by atoms with Gasteiger partial charge in [-0.2, -0.15) is 0 Å². The first kappa shape index (κ1) is 25.1. The highest BCUT2D eigenvalue weighted by atomic mass is 16.3. The van der Waals surface area contributed by atoms with Crippen molar-refractivity contribution in [3.63, 3.8) is 0 Å². The predicted molar refractivity (Wildman–Crippen MR) is 117 cm³/mol. The van der Waals surface area contributed by atoms with Gasteiger partial charge in [-0.15, -0.1) is 0 Å². The van der Waals surface area contributed by atoms with Crippen molar-refractivity contribution in [1.82, 2.24) is 0 Å². The zero-order chi connectivity index (χ0) is 21.5. The van der Waals surface area contributed by atoms with Crippen LogP contribution in [-0.4, -0.2) is 34.2 Å². The molecule has 1 aromatic rings. The number of nitrogens with one attached hydrogen (secondary N) is 1. The standard InChI is InChI=1S/C23H38N2O4/c1-2-3-4-5-6-11-18(26)12-9-13-19(27)14-10-17-22(28)25-21-16-8-7-15-20(21)23(24)29/h7-8,15-16,18-19,26-27H,2-6,9-14,17H2,1H3,(H2,24,29)(H,25,28). The molecule has 6 heteroatoms. The molecule has 0 bridgehead atoms. The van der Waals surface area contributed by atoms with Gasteiger partial charge in [-0.25, -0.2) is 0 Å². The lowest BCUT2D eigenvalue weighted by atomic mass is 10.0. The summed E-state index contributed by atoms with van der Waals surface area (Å²) in [6, 6.07) is 6.63. The van der Waals surface area contributed by atoms with E-state index in [2.05, 4.69) is 12.2 Å². The molecule has 2 unspecified atom stereocenters. The van der Waals surface area contributed by atoms with Crippen LogP contribution in [0.1, 0.15) is 94.3 Å². The van der Waals surface area contributed by atoms with Crippen molar-refractivity contribution in [3.05, 3.63) is 29.8 Å². The molecule has 0 aliphatic carbocycles. The largest absolute Gasteiger partial charge is 0.393 e. The van der Waals surface area contributed by atoms with E-state index in [1.165, 1.54) is 25.7 Å². The summed E-state index contributed by atoms with van der Waals surface area (Å²) < 4.78 is 0. The highest BCUT2D eigenvalue weighted by Crippen LogP contribution is 2.16. The van der Waals surface area contributed by atoms with Crippen molar-refractivity contribution < 1.29 is 19.8 Å². The van der Waals surface area contributed by atoms with E-state index in [-0.39, 0.29) is 24.0 Å². The SMILES string of the molecule is CCCCCCCC(O)CCCC(O)CCCC(=O)Nc1ccccc1C(N)=O. The van der Waals surface area contributed by atoms with Crippen LogP contribution >= 0.6 is 0 Å². The Morgan fingerprint density at radius 1 is 0.897 bits per heavy atom. The first-order valence-corrected chi connectivity index (χ1v) is 11.0. The number of anilines is 1. The minimum Gasteiger partial charge on any atom is -0.393 e. The molecule has 6 nitrogen and oxygen atoms in total. The van der Waals surface area contributed by atoms with E-state index in [0.29, 0.717) is 24.9 Å². The van der Waals surface area contributed by atoms with Crippen LogP contribution in [0, 0.1) is 0 Å². The van der Waals surface area contributed by atoms with Crippen LogP contribution in [0.3, 0.4) is 0 Å². The lowest BCUT2D eigenvalue weighted by Crippen LogP contribution is -2.18. The number of benzene rings is 1. The number of hydrogen-bond acceptors (Lipinski definition) is 4. The number of carbonyl (C=O) groups excluding carboxylic acids is 2. The molecule has 0 aromatic heterocycles. The first-order valence-electron chi connectivity index (χ1n) is 11.0. The fraction of sp³-hybridized carbons (Fsp3) is 0.652. The zero-order valence-electron chi connectivity index (χ0n) is 17.7. The Hall–Kier alpha value is -1.92. The van der Waals surface area contributed by atoms with Gasteiger partial charge < -0.3 is 21.3 Å². The van der Waals surface area contributed by atoms with Gasteiger partial charge in [0.25, 0.3) is 5.91 Å². The van der Waals surface area contributed by atoms with Crippen LogP contribution in [0.25, 0.3) is 0 Å². The summed E-state index contributed by atoms with van der Waals surface area (Å²) in [5, 5.41) is 22.8. The number of rotatable bonds is 16. The van der Waals surface area contributed by atoms with E-state index < -0.39 is 12.0 Å². The van der Waals surface area contributed by atoms with Crippen LogP contribution < -0.4 is 11.1 Å². The van der Waals surface area contributed by atoms with Gasteiger partial charge in [-0.1, -0.05) is 51.2 Å². The molecule has 5 N–H and O–H groups in total. The average molecular weight is 407 g/mol. The van der Waals surface area contributed by atoms with E-state index in [4.69, 9.17) is 5.73 Å². The Balaban J connectivity index is 2.13. The third-order valence-electron chi connectivity index (χ3n) is 5.12. The smallest absolute Gasteiger partial charge is 0.250 e. The molecule has 0 saturated heterocycles. The predicted octanol–water partition coefficient (Wildman–Crippen LogP) is 4.15. The average Bonchev–Trinajstić information content (AvgIpc) is 2.68. The number of unbranched alkanes of at least 4 members (excludes halogenated alkanes) is 4. The molecule has 0 aliphatic heterocycles. The Bertz CT molecular complexity index is 606. The highest BCUT2D eigenvalue weighted by Gasteiger charge is 2.12. The molecule has 29 heavy (non-hydrogen) atoms. The summed E-state index contributed by atoms with van der Waals surface area (Å²) >= 11 is 0. The minimum absolute atomic E-state index is 0.204. The number of nitrogens with two attached hydrogens (primary N) is 1. The fourth-order valence-corrected chi connectivity index (χ4v) is 3.38. The summed E-state index contributed by atoms with van der Waals surface area (Å²) in [6.45, 7) is 2.19. The van der Waals surface area contributed by atoms with Crippen molar-refractivity contribution in [3.8, 4) is 0 Å². The van der Waals surface area contributed by atoms with Gasteiger partial charge in [0.1, 0.15) is 0 Å². The van der Waals surface area contributed by atoms with Crippen LogP contribution in [-0.2, 0) is 4.79 Å². The summed E-state index contributed by atoms with van der Waals surface area (Å²) in [5.41, 5.74) is 6.00. The maximum Gasteiger partial charge on any atom is 0.250 e. The van der Waals surface area contributed by atoms with Crippen LogP contribution in [0.2, 0.25) is 0 Å². The molecule has 2 amide bonds. The van der Waals surface area contributed by atoms with Crippen molar-refractivity contribution in [1.29, 1.82) is 0 Å². The van der Waals surface area contributed by atoms with E-state index in [0.717, 1.165) is 25.7 Å². The molecule has 1 aromatic carbocycles. The summed E-state index contributed by atoms with van der Waals surface area (Å²) in [5.74, 6) is -0.788. The Morgan fingerprint density at radius 3 is 2.14 bits per heavy atom. The van der Waals surface area contributed by atoms with Gasteiger partial charge in [0, 0.05) is 6.42 Å². The number of para-hydroxylation sites is 1. The Morgan fingerprint density at radius 2 is 1.48 bits per heavy atom. The summed E-state index contributed by atoms with van der Waals surface area (Å²) in [4.78, 5) is 23.4. The van der Waals surface area contributed by atoms with Gasteiger partial charge in [0.2, 0.25) is 5.91 Å². The number of hydrogen-bond donors (Lipinski definition) is 4. The maximum absolute atomic E-state index is 12.1. The molecule has 0 heterocycles. The monoisotopic (exact) mass is 406 g/mol. The molecule has 0 aliphatic rings. The quantitative estimate of drug-likeness (QED) is 0.309. The topological polar surface area (TPSA) is 113 Å². The number of carbonyl (C=O) groups is 2. The van der Waals surface area contributed by atoms with Crippen molar-refractivity contribution in [2.24, 2.45) is 5.73 Å². The molecule has 0 fully saturated rings. The fourth-order valence-electron chi connectivity index (χ4n) is 3.38. The van der Waals surface area contributed by atoms with Gasteiger partial charge >= 0.3 is 0 Å². The van der Waals surface area contributed by atoms with Gasteiger partial charge in [-0.05, 0) is 50.7 Å². The van der Waals surface area contributed by atoms with Gasteiger partial charge in [0.05, 0.1) is 23.5 Å². The lowest BCUT2D eigenvalue weighted by Gasteiger charge is -2.13. The van der Waals surface area contributed by atoms with Crippen molar-refractivity contribution >= 4 is 17.5 Å². The molecule has 2 atom stereocenters. The second kappa shape index (κ2) is 15.0. The Kier molecular flexibility index (Phi) is 13.0. The molecule has 0 saturated carbocycles. The van der Waals surface area contributed by atoms with E-state index in [9.17, 15) is 19.8 Å². The van der Waals surface area contributed by atoms with Crippen molar-refractivity contribution in [2.75, 3.05) is 5.32 Å². The van der Waals surface area contributed by atoms with Crippen LogP contribution in [0.15, 0.2) is 24.3 Å². The second-order valence-electron chi connectivity index (χ2n) is 7.79. The number of amides is 2. The number of aliphatic hydroxyl groups excluding tert-OH is 2. The highest BCUT2D eigenvalue weighted by molar-refractivity contribution is 6.02.